The van der Waals surface area contributed by atoms with Gasteiger partial charge in [-0.2, -0.15) is 0 Å². The molecule has 0 aromatic heterocycles. The first-order valence-corrected chi connectivity index (χ1v) is 5.57. The maximum atomic E-state index is 6.00. The van der Waals surface area contributed by atoms with E-state index in [1.165, 1.54) is 38.5 Å². The Morgan fingerprint density at radius 1 is 1.25 bits per heavy atom. The van der Waals surface area contributed by atoms with Crippen LogP contribution in [0.5, 0.6) is 0 Å². The predicted molar refractivity (Wildman–Crippen MR) is 49.7 cm³/mol. The summed E-state index contributed by atoms with van der Waals surface area (Å²) in [6, 6.07) is 0. The van der Waals surface area contributed by atoms with E-state index in [-0.39, 0.29) is 0 Å². The molecule has 2 bridgehead atoms. The van der Waals surface area contributed by atoms with Gasteiger partial charge in [0.05, 0.1) is 0 Å². The lowest BCUT2D eigenvalue weighted by Crippen LogP contribution is -2.39. The first-order valence-electron chi connectivity index (χ1n) is 5.57. The molecule has 0 amide bonds. The third-order valence-corrected chi connectivity index (χ3v) is 5.13. The number of nitrogens with two attached hydrogens (primary N) is 1. The summed E-state index contributed by atoms with van der Waals surface area (Å²) in [5.74, 6) is 3.15. The topological polar surface area (TPSA) is 26.0 Å². The molecule has 1 nitrogen and oxygen atoms in total. The van der Waals surface area contributed by atoms with Gasteiger partial charge in [-0.05, 0) is 61.8 Å². The lowest BCUT2D eigenvalue weighted by atomic mass is 9.68. The molecule has 3 aliphatic carbocycles. The molecule has 1 heteroatoms. The summed E-state index contributed by atoms with van der Waals surface area (Å²) in [5.41, 5.74) is 6.64. The van der Waals surface area contributed by atoms with E-state index < -0.39 is 0 Å². The predicted octanol–water partition coefficient (Wildman–Crippen LogP) is 2.16. The Kier molecular flexibility index (Phi) is 1.39. The molecule has 3 saturated carbocycles. The molecule has 0 saturated heterocycles. The average Bonchev–Trinajstić information content (AvgIpc) is 2.76. The molecule has 0 aromatic rings. The molecule has 12 heavy (non-hydrogen) atoms. The summed E-state index contributed by atoms with van der Waals surface area (Å²) in [6.45, 7) is 0.985. The molecule has 0 spiro atoms. The van der Waals surface area contributed by atoms with Gasteiger partial charge in [0.25, 0.3) is 0 Å². The van der Waals surface area contributed by atoms with Crippen LogP contribution in [0.3, 0.4) is 0 Å². The molecule has 0 aromatic carbocycles. The molecule has 3 aliphatic rings. The van der Waals surface area contributed by atoms with Gasteiger partial charge in [-0.25, -0.2) is 0 Å². The van der Waals surface area contributed by atoms with Crippen molar-refractivity contribution in [2.45, 2.75) is 38.5 Å². The molecule has 0 radical (unpaired) electrons. The van der Waals surface area contributed by atoms with Gasteiger partial charge in [-0.1, -0.05) is 6.42 Å². The maximum Gasteiger partial charge on any atom is -0.00151 e. The molecule has 0 unspecified atom stereocenters. The minimum atomic E-state index is 0.642. The molecule has 0 heterocycles. The highest BCUT2D eigenvalue weighted by Crippen LogP contribution is 2.65. The van der Waals surface area contributed by atoms with Crippen LogP contribution in [-0.2, 0) is 0 Å². The minimum Gasteiger partial charge on any atom is -0.330 e. The zero-order valence-corrected chi connectivity index (χ0v) is 7.76. The van der Waals surface area contributed by atoms with E-state index >= 15 is 0 Å². The van der Waals surface area contributed by atoms with Gasteiger partial charge in [0.2, 0.25) is 0 Å². The number of hydrogen-bond donors (Lipinski definition) is 1. The highest BCUT2D eigenvalue weighted by Gasteiger charge is 2.58. The van der Waals surface area contributed by atoms with E-state index in [2.05, 4.69) is 0 Å². The third-order valence-electron chi connectivity index (χ3n) is 5.13. The Hall–Kier alpha value is -0.0400. The smallest absolute Gasteiger partial charge is 0.00151 e. The maximum absolute atomic E-state index is 6.00. The van der Waals surface area contributed by atoms with Crippen molar-refractivity contribution in [1.29, 1.82) is 0 Å². The zero-order valence-electron chi connectivity index (χ0n) is 7.76. The van der Waals surface area contributed by atoms with Crippen molar-refractivity contribution in [3.05, 3.63) is 0 Å². The molecule has 68 valence electrons. The summed E-state index contributed by atoms with van der Waals surface area (Å²) in [6.07, 6.45) is 8.97. The van der Waals surface area contributed by atoms with Crippen LogP contribution in [0.1, 0.15) is 38.5 Å². The first kappa shape index (κ1) is 7.37. The first-order chi connectivity index (χ1) is 5.87. The van der Waals surface area contributed by atoms with Gasteiger partial charge < -0.3 is 5.73 Å². The van der Waals surface area contributed by atoms with Crippen LogP contribution in [-0.4, -0.2) is 6.54 Å². The van der Waals surface area contributed by atoms with Gasteiger partial charge in [-0.3, -0.25) is 0 Å². The van der Waals surface area contributed by atoms with Crippen LogP contribution < -0.4 is 5.73 Å². The summed E-state index contributed by atoms with van der Waals surface area (Å²) in [7, 11) is 0. The van der Waals surface area contributed by atoms with Crippen molar-refractivity contribution in [1.82, 2.24) is 0 Å². The van der Waals surface area contributed by atoms with Crippen LogP contribution in [0.15, 0.2) is 0 Å². The quantitative estimate of drug-likeness (QED) is 0.633. The van der Waals surface area contributed by atoms with Gasteiger partial charge in [0, 0.05) is 0 Å². The number of hydrogen-bond acceptors (Lipinski definition) is 1. The molecular weight excluding hydrogens is 146 g/mol. The second-order valence-electron chi connectivity index (χ2n) is 5.21. The number of fused-ring (bicyclic) bond motifs is 5. The monoisotopic (exact) mass is 165 g/mol. The molecular formula is C11H19N. The van der Waals surface area contributed by atoms with Crippen molar-refractivity contribution >= 4 is 0 Å². The Labute approximate surface area is 74.7 Å². The Morgan fingerprint density at radius 2 is 2.17 bits per heavy atom. The summed E-state index contributed by atoms with van der Waals surface area (Å²) >= 11 is 0. The lowest BCUT2D eigenvalue weighted by molar-refractivity contribution is 0.121. The van der Waals surface area contributed by atoms with Crippen molar-refractivity contribution in [2.75, 3.05) is 6.54 Å². The van der Waals surface area contributed by atoms with Crippen molar-refractivity contribution in [3.8, 4) is 0 Å². The fraction of sp³-hybridized carbons (Fsp3) is 1.00. The van der Waals surface area contributed by atoms with Crippen LogP contribution in [0.4, 0.5) is 0 Å². The van der Waals surface area contributed by atoms with Crippen molar-refractivity contribution in [2.24, 2.45) is 28.9 Å². The highest BCUT2D eigenvalue weighted by molar-refractivity contribution is 5.09. The highest BCUT2D eigenvalue weighted by atomic mass is 14.7. The Bertz CT molecular complexity index is 201. The van der Waals surface area contributed by atoms with Crippen molar-refractivity contribution in [3.63, 3.8) is 0 Å². The second-order valence-corrected chi connectivity index (χ2v) is 5.21. The summed E-state index contributed by atoms with van der Waals surface area (Å²) in [5, 5.41) is 0. The Balaban J connectivity index is 1.98. The van der Waals surface area contributed by atoms with E-state index in [1.54, 1.807) is 0 Å². The van der Waals surface area contributed by atoms with E-state index in [0.717, 1.165) is 24.3 Å². The van der Waals surface area contributed by atoms with E-state index in [0.29, 0.717) is 5.41 Å². The van der Waals surface area contributed by atoms with E-state index in [4.69, 9.17) is 5.73 Å². The van der Waals surface area contributed by atoms with Crippen molar-refractivity contribution < 1.29 is 0 Å². The molecule has 4 atom stereocenters. The second kappa shape index (κ2) is 2.25. The minimum absolute atomic E-state index is 0.642. The van der Waals surface area contributed by atoms with Gasteiger partial charge in [0.1, 0.15) is 0 Å². The standard InChI is InChI=1S/C11H19N/c12-7-11-5-1-2-10(11)8-3-4-9(11)6-8/h8-10H,1-7,12H2/t8-,9-,10-,11-/m0/s1. The van der Waals surface area contributed by atoms with Gasteiger partial charge in [0.15, 0.2) is 0 Å². The average molecular weight is 165 g/mol. The fourth-order valence-electron chi connectivity index (χ4n) is 4.66. The van der Waals surface area contributed by atoms with E-state index in [9.17, 15) is 0 Å². The van der Waals surface area contributed by atoms with Crippen LogP contribution in [0.25, 0.3) is 0 Å². The number of rotatable bonds is 1. The molecule has 2 N–H and O–H groups in total. The van der Waals surface area contributed by atoms with Crippen LogP contribution in [0, 0.1) is 23.2 Å². The third kappa shape index (κ3) is 0.654. The fourth-order valence-corrected chi connectivity index (χ4v) is 4.66. The van der Waals surface area contributed by atoms with Gasteiger partial charge >= 0.3 is 0 Å². The van der Waals surface area contributed by atoms with Crippen LogP contribution in [0.2, 0.25) is 0 Å². The Morgan fingerprint density at radius 3 is 2.92 bits per heavy atom. The lowest BCUT2D eigenvalue weighted by Gasteiger charge is -2.38. The SMILES string of the molecule is NC[C@]12CCC[C@H]1[C@H]1CC[C@H]2C1. The zero-order chi connectivity index (χ0) is 8.18. The molecule has 3 fully saturated rings. The van der Waals surface area contributed by atoms with Gasteiger partial charge in [-0.15, -0.1) is 0 Å². The molecule has 0 aliphatic heterocycles. The molecule has 3 rings (SSSR count). The normalized spacial score (nSPS) is 56.2. The van der Waals surface area contributed by atoms with E-state index in [1.807, 2.05) is 0 Å². The largest absolute Gasteiger partial charge is 0.330 e. The summed E-state index contributed by atoms with van der Waals surface area (Å²) < 4.78 is 0. The summed E-state index contributed by atoms with van der Waals surface area (Å²) in [4.78, 5) is 0. The van der Waals surface area contributed by atoms with Crippen LogP contribution >= 0.6 is 0 Å².